The summed E-state index contributed by atoms with van der Waals surface area (Å²) < 4.78 is 5.38. The number of nitrogens with zero attached hydrogens (tertiary/aromatic N) is 2. The monoisotopic (exact) mass is 498 g/mol. The van der Waals surface area contributed by atoms with Crippen LogP contribution in [0, 0.1) is 6.92 Å². The van der Waals surface area contributed by atoms with E-state index >= 15 is 0 Å². The van der Waals surface area contributed by atoms with E-state index in [0.29, 0.717) is 23.2 Å². The number of carbonyl (C=O) groups is 2. The molecular formula is C30H34N4O3. The first kappa shape index (κ1) is 24.8. The molecular weight excluding hydrogens is 464 g/mol. The highest BCUT2D eigenvalue weighted by Crippen LogP contribution is 2.38. The van der Waals surface area contributed by atoms with Gasteiger partial charge in [-0.05, 0) is 69.4 Å². The van der Waals surface area contributed by atoms with Crippen LogP contribution in [0.4, 0.5) is 5.82 Å². The van der Waals surface area contributed by atoms with Gasteiger partial charge in [-0.25, -0.2) is 4.98 Å². The van der Waals surface area contributed by atoms with Crippen LogP contribution in [-0.2, 0) is 0 Å². The molecule has 0 radical (unpaired) electrons. The summed E-state index contributed by atoms with van der Waals surface area (Å²) in [5, 5.41) is 6.31. The Kier molecular flexibility index (Phi) is 7.12. The first-order chi connectivity index (χ1) is 17.9. The Balaban J connectivity index is 1.21. The number of nitrogens with one attached hydrogen (secondary N) is 2. The first-order valence-electron chi connectivity index (χ1n) is 13.0. The number of piperidine rings is 1. The van der Waals surface area contributed by atoms with Crippen molar-refractivity contribution in [1.29, 1.82) is 0 Å². The van der Waals surface area contributed by atoms with Gasteiger partial charge in [-0.2, -0.15) is 0 Å². The second kappa shape index (κ2) is 10.6. The highest BCUT2D eigenvalue weighted by molar-refractivity contribution is 5.96. The number of anilines is 1. The topological polar surface area (TPSA) is 83.6 Å². The summed E-state index contributed by atoms with van der Waals surface area (Å²) in [7, 11) is 1.62. The van der Waals surface area contributed by atoms with Crippen LogP contribution in [0.2, 0.25) is 0 Å². The molecule has 192 valence electrons. The SMILES string of the molecule is COc1cccc(C(=O)NC2CC3CCC(C2)N3c2ccc(C(=O)NC(C)c3ccccc3)cn2)c1C. The maximum absolute atomic E-state index is 13.0. The van der Waals surface area contributed by atoms with E-state index in [9.17, 15) is 9.59 Å². The highest BCUT2D eigenvalue weighted by atomic mass is 16.5. The minimum atomic E-state index is -0.132. The minimum absolute atomic E-state index is 0.0486. The second-order valence-corrected chi connectivity index (χ2v) is 10.1. The van der Waals surface area contributed by atoms with E-state index < -0.39 is 0 Å². The van der Waals surface area contributed by atoms with Crippen LogP contribution in [0.5, 0.6) is 5.75 Å². The fourth-order valence-electron chi connectivity index (χ4n) is 5.79. The second-order valence-electron chi connectivity index (χ2n) is 10.1. The summed E-state index contributed by atoms with van der Waals surface area (Å²) in [6.45, 7) is 3.89. The number of benzene rings is 2. The molecule has 3 heterocycles. The van der Waals surface area contributed by atoms with E-state index in [2.05, 4.69) is 20.5 Å². The maximum Gasteiger partial charge on any atom is 0.253 e. The number of hydrogen-bond donors (Lipinski definition) is 2. The van der Waals surface area contributed by atoms with Crippen LogP contribution >= 0.6 is 0 Å². The van der Waals surface area contributed by atoms with Gasteiger partial charge in [-0.1, -0.05) is 36.4 Å². The molecule has 7 heteroatoms. The quantitative estimate of drug-likeness (QED) is 0.488. The predicted octanol–water partition coefficient (Wildman–Crippen LogP) is 4.82. The summed E-state index contributed by atoms with van der Waals surface area (Å²) in [6, 6.07) is 20.0. The van der Waals surface area contributed by atoms with Crippen molar-refractivity contribution in [2.24, 2.45) is 0 Å². The van der Waals surface area contributed by atoms with E-state index in [1.54, 1.807) is 13.3 Å². The zero-order chi connectivity index (χ0) is 25.9. The van der Waals surface area contributed by atoms with E-state index in [4.69, 9.17) is 4.74 Å². The minimum Gasteiger partial charge on any atom is -0.496 e. The standard InChI is InChI=1S/C30H34N4O3/c1-19-26(10-7-11-27(19)37-3)30(36)33-23-16-24-13-14-25(17-23)34(24)28-15-12-22(18-31-28)29(35)32-20(2)21-8-5-4-6-9-21/h4-12,15,18,20,23-25H,13-14,16-17H2,1-3H3,(H,32,35)(H,33,36). The van der Waals surface area contributed by atoms with Crippen molar-refractivity contribution in [2.75, 3.05) is 12.0 Å². The fourth-order valence-corrected chi connectivity index (χ4v) is 5.79. The number of hydrogen-bond acceptors (Lipinski definition) is 5. The number of rotatable bonds is 7. The largest absolute Gasteiger partial charge is 0.496 e. The molecule has 37 heavy (non-hydrogen) atoms. The van der Waals surface area contributed by atoms with Crippen molar-refractivity contribution in [3.8, 4) is 5.75 Å². The smallest absolute Gasteiger partial charge is 0.253 e. The number of methoxy groups -OCH3 is 1. The van der Waals surface area contributed by atoms with Crippen LogP contribution in [0.15, 0.2) is 66.9 Å². The molecule has 7 nitrogen and oxygen atoms in total. The molecule has 1 aromatic heterocycles. The van der Waals surface area contributed by atoms with E-state index in [1.165, 1.54) is 0 Å². The van der Waals surface area contributed by atoms with Gasteiger partial charge in [-0.3, -0.25) is 9.59 Å². The maximum atomic E-state index is 13.0. The Bertz CT molecular complexity index is 1250. The zero-order valence-electron chi connectivity index (χ0n) is 21.6. The Morgan fingerprint density at radius 1 is 0.973 bits per heavy atom. The van der Waals surface area contributed by atoms with E-state index in [0.717, 1.165) is 48.4 Å². The molecule has 2 bridgehead atoms. The highest BCUT2D eigenvalue weighted by Gasteiger charge is 2.42. The predicted molar refractivity (Wildman–Crippen MR) is 144 cm³/mol. The normalized spacial score (nSPS) is 21.3. The number of pyridine rings is 1. The van der Waals surface area contributed by atoms with Gasteiger partial charge in [0.25, 0.3) is 11.8 Å². The van der Waals surface area contributed by atoms with Crippen molar-refractivity contribution in [3.63, 3.8) is 0 Å². The van der Waals surface area contributed by atoms with Gasteiger partial charge < -0.3 is 20.3 Å². The average molecular weight is 499 g/mol. The summed E-state index contributed by atoms with van der Waals surface area (Å²) >= 11 is 0. The average Bonchev–Trinajstić information content (AvgIpc) is 3.19. The zero-order valence-corrected chi connectivity index (χ0v) is 21.6. The van der Waals surface area contributed by atoms with Crippen molar-refractivity contribution in [2.45, 2.75) is 63.7 Å². The van der Waals surface area contributed by atoms with Crippen molar-refractivity contribution < 1.29 is 14.3 Å². The van der Waals surface area contributed by atoms with Gasteiger partial charge in [0.05, 0.1) is 18.7 Å². The lowest BCUT2D eigenvalue weighted by molar-refractivity contribution is 0.0922. The molecule has 2 amide bonds. The Labute approximate surface area is 218 Å². The van der Waals surface area contributed by atoms with Crippen LogP contribution in [0.1, 0.15) is 70.5 Å². The van der Waals surface area contributed by atoms with Gasteiger partial charge in [-0.15, -0.1) is 0 Å². The van der Waals surface area contributed by atoms with Crippen molar-refractivity contribution in [1.82, 2.24) is 15.6 Å². The lowest BCUT2D eigenvalue weighted by Gasteiger charge is -2.40. The molecule has 0 spiro atoms. The van der Waals surface area contributed by atoms with Crippen molar-refractivity contribution >= 4 is 17.6 Å². The number of aromatic nitrogens is 1. The van der Waals surface area contributed by atoms with Gasteiger partial charge >= 0.3 is 0 Å². The number of carbonyl (C=O) groups excluding carboxylic acids is 2. The summed E-state index contributed by atoms with van der Waals surface area (Å²) in [5.74, 6) is 1.44. The number of amides is 2. The summed E-state index contributed by atoms with van der Waals surface area (Å²) in [4.78, 5) is 32.9. The third kappa shape index (κ3) is 5.17. The lowest BCUT2D eigenvalue weighted by atomic mass is 9.96. The molecule has 3 aromatic rings. The molecule has 2 aliphatic heterocycles. The van der Waals surface area contributed by atoms with E-state index in [-0.39, 0.29) is 23.9 Å². The third-order valence-corrected chi connectivity index (χ3v) is 7.74. The van der Waals surface area contributed by atoms with Gasteiger partial charge in [0.15, 0.2) is 0 Å². The van der Waals surface area contributed by atoms with Crippen LogP contribution in [-0.4, -0.2) is 42.0 Å². The number of ether oxygens (including phenoxy) is 1. The molecule has 2 aromatic carbocycles. The number of fused-ring (bicyclic) bond motifs is 2. The molecule has 2 N–H and O–H groups in total. The van der Waals surface area contributed by atoms with Crippen LogP contribution in [0.3, 0.4) is 0 Å². The Hall–Kier alpha value is -3.87. The van der Waals surface area contributed by atoms with Gasteiger partial charge in [0, 0.05) is 35.4 Å². The van der Waals surface area contributed by atoms with Crippen LogP contribution in [0.25, 0.3) is 0 Å². The molecule has 2 aliphatic rings. The molecule has 2 saturated heterocycles. The van der Waals surface area contributed by atoms with E-state index in [1.807, 2.05) is 74.5 Å². The summed E-state index contributed by atoms with van der Waals surface area (Å²) in [6.07, 6.45) is 5.58. The van der Waals surface area contributed by atoms with Gasteiger partial charge in [0.2, 0.25) is 0 Å². The fraction of sp³-hybridized carbons (Fsp3) is 0.367. The summed E-state index contributed by atoms with van der Waals surface area (Å²) in [5.41, 5.74) is 3.13. The lowest BCUT2D eigenvalue weighted by Crippen LogP contribution is -2.50. The molecule has 2 fully saturated rings. The molecule has 3 unspecified atom stereocenters. The molecule has 0 aliphatic carbocycles. The Morgan fingerprint density at radius 2 is 1.70 bits per heavy atom. The first-order valence-corrected chi connectivity index (χ1v) is 13.0. The molecule has 0 saturated carbocycles. The van der Waals surface area contributed by atoms with Crippen LogP contribution < -0.4 is 20.3 Å². The molecule has 3 atom stereocenters. The third-order valence-electron chi connectivity index (χ3n) is 7.74. The Morgan fingerprint density at radius 3 is 2.35 bits per heavy atom. The molecule has 5 rings (SSSR count). The van der Waals surface area contributed by atoms with Gasteiger partial charge in [0.1, 0.15) is 11.6 Å². The van der Waals surface area contributed by atoms with Crippen molar-refractivity contribution in [3.05, 3.63) is 89.1 Å².